The standard InChI is InChI=1S/C16H18BrNO/c1-3-19-15-7-5-14(6-8-15)18-11-13-4-9-16(17)12(2)10-13/h4-10,18H,3,11H2,1-2H3. The van der Waals surface area contributed by atoms with Crippen molar-refractivity contribution in [3.8, 4) is 5.75 Å². The fraction of sp³-hybridized carbons (Fsp3) is 0.250. The van der Waals surface area contributed by atoms with Crippen LogP contribution in [-0.4, -0.2) is 6.61 Å². The Kier molecular flexibility index (Phi) is 4.86. The highest BCUT2D eigenvalue weighted by Crippen LogP contribution is 2.19. The molecule has 0 fully saturated rings. The summed E-state index contributed by atoms with van der Waals surface area (Å²) in [6.07, 6.45) is 0. The summed E-state index contributed by atoms with van der Waals surface area (Å²) in [6, 6.07) is 14.4. The lowest BCUT2D eigenvalue weighted by Crippen LogP contribution is -2.00. The number of benzene rings is 2. The van der Waals surface area contributed by atoms with Crippen LogP contribution >= 0.6 is 15.9 Å². The summed E-state index contributed by atoms with van der Waals surface area (Å²) in [5.74, 6) is 0.910. The van der Waals surface area contributed by atoms with E-state index in [4.69, 9.17) is 4.74 Å². The third-order valence-corrected chi connectivity index (χ3v) is 3.77. The lowest BCUT2D eigenvalue weighted by Gasteiger charge is -2.09. The monoisotopic (exact) mass is 319 g/mol. The molecule has 0 spiro atoms. The van der Waals surface area contributed by atoms with Gasteiger partial charge in [0.05, 0.1) is 6.61 Å². The van der Waals surface area contributed by atoms with Gasteiger partial charge in [0.1, 0.15) is 5.75 Å². The summed E-state index contributed by atoms with van der Waals surface area (Å²) in [6.45, 7) is 5.61. The van der Waals surface area contributed by atoms with Crippen LogP contribution in [0.25, 0.3) is 0 Å². The molecular formula is C16H18BrNO. The van der Waals surface area contributed by atoms with Gasteiger partial charge in [-0.25, -0.2) is 0 Å². The average Bonchev–Trinajstić information content (AvgIpc) is 2.42. The summed E-state index contributed by atoms with van der Waals surface area (Å²) in [7, 11) is 0. The Morgan fingerprint density at radius 1 is 1.11 bits per heavy atom. The van der Waals surface area contributed by atoms with Crippen molar-refractivity contribution < 1.29 is 4.74 Å². The van der Waals surface area contributed by atoms with E-state index in [9.17, 15) is 0 Å². The number of hydrogen-bond acceptors (Lipinski definition) is 2. The van der Waals surface area contributed by atoms with Crippen LogP contribution in [0.5, 0.6) is 5.75 Å². The number of aryl methyl sites for hydroxylation is 1. The fourth-order valence-electron chi connectivity index (χ4n) is 1.86. The number of anilines is 1. The van der Waals surface area contributed by atoms with Crippen molar-refractivity contribution >= 4 is 21.6 Å². The highest BCUT2D eigenvalue weighted by molar-refractivity contribution is 9.10. The van der Waals surface area contributed by atoms with Crippen LogP contribution in [0.4, 0.5) is 5.69 Å². The predicted molar refractivity (Wildman–Crippen MR) is 83.8 cm³/mol. The normalized spacial score (nSPS) is 10.3. The van der Waals surface area contributed by atoms with Crippen molar-refractivity contribution in [2.45, 2.75) is 20.4 Å². The minimum absolute atomic E-state index is 0.699. The zero-order valence-electron chi connectivity index (χ0n) is 11.2. The van der Waals surface area contributed by atoms with E-state index in [2.05, 4.69) is 46.4 Å². The summed E-state index contributed by atoms with van der Waals surface area (Å²) in [5.41, 5.74) is 3.63. The first-order chi connectivity index (χ1) is 9.19. The van der Waals surface area contributed by atoms with Gasteiger partial charge in [-0.15, -0.1) is 0 Å². The predicted octanol–water partition coefficient (Wildman–Crippen LogP) is 4.77. The molecule has 0 aliphatic carbocycles. The van der Waals surface area contributed by atoms with Gasteiger partial charge in [0, 0.05) is 16.7 Å². The molecule has 0 atom stereocenters. The molecule has 19 heavy (non-hydrogen) atoms. The van der Waals surface area contributed by atoms with Crippen LogP contribution in [0.2, 0.25) is 0 Å². The highest BCUT2D eigenvalue weighted by atomic mass is 79.9. The van der Waals surface area contributed by atoms with Gasteiger partial charge in [-0.3, -0.25) is 0 Å². The summed E-state index contributed by atoms with van der Waals surface area (Å²) in [4.78, 5) is 0. The molecule has 1 N–H and O–H groups in total. The van der Waals surface area contributed by atoms with Crippen LogP contribution in [0.3, 0.4) is 0 Å². The molecular weight excluding hydrogens is 302 g/mol. The molecule has 3 heteroatoms. The Balaban J connectivity index is 1.96. The minimum atomic E-state index is 0.699. The SMILES string of the molecule is CCOc1ccc(NCc2ccc(Br)c(C)c2)cc1. The molecule has 0 saturated heterocycles. The molecule has 100 valence electrons. The van der Waals surface area contributed by atoms with Gasteiger partial charge in [-0.2, -0.15) is 0 Å². The van der Waals surface area contributed by atoms with Crippen LogP contribution in [0.15, 0.2) is 46.9 Å². The molecule has 2 aromatic carbocycles. The smallest absolute Gasteiger partial charge is 0.119 e. The van der Waals surface area contributed by atoms with Crippen molar-refractivity contribution in [2.24, 2.45) is 0 Å². The van der Waals surface area contributed by atoms with Gasteiger partial charge < -0.3 is 10.1 Å². The highest BCUT2D eigenvalue weighted by Gasteiger charge is 1.98. The molecule has 0 amide bonds. The molecule has 0 saturated carbocycles. The van der Waals surface area contributed by atoms with Crippen LogP contribution < -0.4 is 10.1 Å². The molecule has 0 heterocycles. The van der Waals surface area contributed by atoms with Crippen LogP contribution in [0.1, 0.15) is 18.1 Å². The number of ether oxygens (including phenoxy) is 1. The van der Waals surface area contributed by atoms with Crippen molar-refractivity contribution in [1.82, 2.24) is 0 Å². The number of nitrogens with one attached hydrogen (secondary N) is 1. The maximum Gasteiger partial charge on any atom is 0.119 e. The Hall–Kier alpha value is -1.48. The second kappa shape index (κ2) is 6.62. The zero-order chi connectivity index (χ0) is 13.7. The van der Waals surface area contributed by atoms with Crippen molar-refractivity contribution in [1.29, 1.82) is 0 Å². The molecule has 0 radical (unpaired) electrons. The second-order valence-corrected chi connectivity index (χ2v) is 5.25. The van der Waals surface area contributed by atoms with Crippen molar-refractivity contribution in [3.63, 3.8) is 0 Å². The molecule has 0 aromatic heterocycles. The number of rotatable bonds is 5. The molecule has 0 bridgehead atoms. The van der Waals surface area contributed by atoms with Gasteiger partial charge in [-0.1, -0.05) is 28.1 Å². The third-order valence-electron chi connectivity index (χ3n) is 2.88. The van der Waals surface area contributed by atoms with Gasteiger partial charge >= 0.3 is 0 Å². The van der Waals surface area contributed by atoms with E-state index in [0.29, 0.717) is 6.61 Å². The maximum absolute atomic E-state index is 5.42. The first kappa shape index (κ1) is 13.9. The van der Waals surface area contributed by atoms with Gasteiger partial charge in [0.2, 0.25) is 0 Å². The van der Waals surface area contributed by atoms with Crippen molar-refractivity contribution in [2.75, 3.05) is 11.9 Å². The molecule has 0 aliphatic heterocycles. The van der Waals surface area contributed by atoms with Crippen LogP contribution in [-0.2, 0) is 6.54 Å². The Bertz CT molecular complexity index is 537. The maximum atomic E-state index is 5.42. The number of halogens is 1. The Labute approximate surface area is 122 Å². The third kappa shape index (κ3) is 4.00. The first-order valence-corrected chi connectivity index (χ1v) is 7.20. The van der Waals surface area contributed by atoms with E-state index in [0.717, 1.165) is 22.5 Å². The van der Waals surface area contributed by atoms with E-state index >= 15 is 0 Å². The quantitative estimate of drug-likeness (QED) is 0.857. The van der Waals surface area contributed by atoms with Gasteiger partial charge in [0.15, 0.2) is 0 Å². The molecule has 2 rings (SSSR count). The topological polar surface area (TPSA) is 21.3 Å². The van der Waals surface area contributed by atoms with E-state index in [1.807, 2.05) is 31.2 Å². The second-order valence-electron chi connectivity index (χ2n) is 4.39. The zero-order valence-corrected chi connectivity index (χ0v) is 12.8. The van der Waals surface area contributed by atoms with Gasteiger partial charge in [0.25, 0.3) is 0 Å². The summed E-state index contributed by atoms with van der Waals surface area (Å²) in [5, 5.41) is 3.41. The minimum Gasteiger partial charge on any atom is -0.494 e. The van der Waals surface area contributed by atoms with E-state index < -0.39 is 0 Å². The van der Waals surface area contributed by atoms with Crippen molar-refractivity contribution in [3.05, 3.63) is 58.1 Å². The summed E-state index contributed by atoms with van der Waals surface area (Å²) >= 11 is 3.51. The van der Waals surface area contributed by atoms with Gasteiger partial charge in [-0.05, 0) is 55.3 Å². The van der Waals surface area contributed by atoms with E-state index in [-0.39, 0.29) is 0 Å². The first-order valence-electron chi connectivity index (χ1n) is 6.41. The Morgan fingerprint density at radius 3 is 2.47 bits per heavy atom. The summed E-state index contributed by atoms with van der Waals surface area (Å²) < 4.78 is 6.57. The largest absolute Gasteiger partial charge is 0.494 e. The van der Waals surface area contributed by atoms with E-state index in [1.165, 1.54) is 11.1 Å². The lowest BCUT2D eigenvalue weighted by molar-refractivity contribution is 0.340. The van der Waals surface area contributed by atoms with E-state index in [1.54, 1.807) is 0 Å². The van der Waals surface area contributed by atoms with Crippen LogP contribution in [0, 0.1) is 6.92 Å². The molecule has 2 aromatic rings. The fourth-order valence-corrected chi connectivity index (χ4v) is 2.10. The average molecular weight is 320 g/mol. The molecule has 2 nitrogen and oxygen atoms in total. The Morgan fingerprint density at radius 2 is 1.84 bits per heavy atom. The number of hydrogen-bond donors (Lipinski definition) is 1. The lowest BCUT2D eigenvalue weighted by atomic mass is 10.1. The molecule has 0 unspecified atom stereocenters. The molecule has 0 aliphatic rings.